The monoisotopic (exact) mass is 142 g/mol. The predicted molar refractivity (Wildman–Crippen MR) is 35.9 cm³/mol. The molecule has 0 aromatic rings. The summed E-state index contributed by atoms with van der Waals surface area (Å²) in [4.78, 5) is 10.4. The zero-order chi connectivity index (χ0) is 7.98. The molecule has 0 amide bonds. The first kappa shape index (κ1) is 9.15. The molecule has 0 saturated heterocycles. The third-order valence-electron chi connectivity index (χ3n) is 0.852. The second-order valence-corrected chi connectivity index (χ2v) is 1.72. The molecule has 3 nitrogen and oxygen atoms in total. The molecule has 0 atom stereocenters. The van der Waals surface area contributed by atoms with Gasteiger partial charge < -0.3 is 10.2 Å². The summed E-state index contributed by atoms with van der Waals surface area (Å²) in [5.74, 6) is 4.49. The van der Waals surface area contributed by atoms with Gasteiger partial charge in [0.2, 0.25) is 6.29 Å². The standard InChI is InChI=1S/C7H10O3/c1-2-3-4-5-6(8)7(9)10/h7,9-10H,2,5H2,1H3. The van der Waals surface area contributed by atoms with Gasteiger partial charge in [-0.15, -0.1) is 5.92 Å². The summed E-state index contributed by atoms with van der Waals surface area (Å²) in [6, 6.07) is 0. The molecule has 0 radical (unpaired) electrons. The lowest BCUT2D eigenvalue weighted by atomic mass is 10.3. The van der Waals surface area contributed by atoms with Crippen LogP contribution in [-0.4, -0.2) is 22.3 Å². The minimum absolute atomic E-state index is 0.0779. The van der Waals surface area contributed by atoms with E-state index in [-0.39, 0.29) is 6.42 Å². The van der Waals surface area contributed by atoms with Crippen LogP contribution in [0.4, 0.5) is 0 Å². The van der Waals surface area contributed by atoms with Crippen molar-refractivity contribution < 1.29 is 15.0 Å². The molecule has 3 heteroatoms. The van der Waals surface area contributed by atoms with Gasteiger partial charge in [0.05, 0.1) is 6.42 Å². The molecule has 10 heavy (non-hydrogen) atoms. The summed E-state index contributed by atoms with van der Waals surface area (Å²) in [5.41, 5.74) is 0. The van der Waals surface area contributed by atoms with Gasteiger partial charge >= 0.3 is 0 Å². The van der Waals surface area contributed by atoms with Crippen molar-refractivity contribution in [3.63, 3.8) is 0 Å². The van der Waals surface area contributed by atoms with E-state index in [9.17, 15) is 4.79 Å². The third-order valence-corrected chi connectivity index (χ3v) is 0.852. The molecule has 0 saturated carbocycles. The van der Waals surface area contributed by atoms with Crippen LogP contribution in [0.15, 0.2) is 0 Å². The summed E-state index contributed by atoms with van der Waals surface area (Å²) in [6.45, 7) is 1.85. The molecule has 0 aliphatic heterocycles. The summed E-state index contributed by atoms with van der Waals surface area (Å²) in [6.07, 6.45) is -1.27. The number of carbonyl (C=O) groups is 1. The maximum atomic E-state index is 10.4. The summed E-state index contributed by atoms with van der Waals surface area (Å²) < 4.78 is 0. The van der Waals surface area contributed by atoms with E-state index >= 15 is 0 Å². The van der Waals surface area contributed by atoms with E-state index in [1.165, 1.54) is 0 Å². The highest BCUT2D eigenvalue weighted by Crippen LogP contribution is 1.85. The van der Waals surface area contributed by atoms with Crippen LogP contribution in [0.1, 0.15) is 19.8 Å². The Labute approximate surface area is 59.7 Å². The van der Waals surface area contributed by atoms with Gasteiger partial charge in [-0.2, -0.15) is 0 Å². The van der Waals surface area contributed by atoms with E-state index in [1.54, 1.807) is 0 Å². The fourth-order valence-electron chi connectivity index (χ4n) is 0.366. The SMILES string of the molecule is CCC#CCC(=O)C(O)O. The molecule has 0 aromatic heterocycles. The Kier molecular flexibility index (Phi) is 4.55. The minimum Gasteiger partial charge on any atom is -0.362 e. The van der Waals surface area contributed by atoms with Gasteiger partial charge in [-0.05, 0) is 0 Å². The molecular formula is C7H10O3. The van der Waals surface area contributed by atoms with Crippen molar-refractivity contribution in [2.45, 2.75) is 26.1 Å². The second-order valence-electron chi connectivity index (χ2n) is 1.72. The maximum Gasteiger partial charge on any atom is 0.213 e. The second kappa shape index (κ2) is 4.98. The number of hydrogen-bond donors (Lipinski definition) is 2. The molecule has 0 heterocycles. The third kappa shape index (κ3) is 4.07. The molecule has 0 bridgehead atoms. The van der Waals surface area contributed by atoms with E-state index in [4.69, 9.17) is 10.2 Å². The predicted octanol–water partition coefficient (Wildman–Crippen LogP) is -0.330. The zero-order valence-electron chi connectivity index (χ0n) is 5.79. The van der Waals surface area contributed by atoms with Gasteiger partial charge in [-0.1, -0.05) is 12.8 Å². The molecule has 0 spiro atoms. The number of aliphatic hydroxyl groups is 2. The van der Waals surface area contributed by atoms with Crippen molar-refractivity contribution >= 4 is 5.78 Å². The van der Waals surface area contributed by atoms with Crippen LogP contribution in [0, 0.1) is 11.8 Å². The quantitative estimate of drug-likeness (QED) is 0.410. The number of aliphatic hydroxyl groups excluding tert-OH is 1. The van der Waals surface area contributed by atoms with Crippen LogP contribution in [-0.2, 0) is 4.79 Å². The number of Topliss-reactive ketones (excluding diaryl/α,β-unsaturated/α-hetero) is 1. The smallest absolute Gasteiger partial charge is 0.213 e. The van der Waals surface area contributed by atoms with Crippen molar-refractivity contribution in [2.24, 2.45) is 0 Å². The molecule has 2 N–H and O–H groups in total. The van der Waals surface area contributed by atoms with Crippen LogP contribution >= 0.6 is 0 Å². The molecule has 0 fully saturated rings. The van der Waals surface area contributed by atoms with Gasteiger partial charge in [0.1, 0.15) is 0 Å². The van der Waals surface area contributed by atoms with Crippen molar-refractivity contribution in [1.82, 2.24) is 0 Å². The van der Waals surface area contributed by atoms with Gasteiger partial charge in [-0.3, -0.25) is 4.79 Å². The minimum atomic E-state index is -1.87. The van der Waals surface area contributed by atoms with Crippen LogP contribution in [0.2, 0.25) is 0 Å². The lowest BCUT2D eigenvalue weighted by Gasteiger charge is -1.94. The maximum absolute atomic E-state index is 10.4. The molecule has 56 valence electrons. The Morgan fingerprint density at radius 1 is 1.50 bits per heavy atom. The average molecular weight is 142 g/mol. The van der Waals surface area contributed by atoms with E-state index < -0.39 is 12.1 Å². The lowest BCUT2D eigenvalue weighted by molar-refractivity contribution is -0.143. The van der Waals surface area contributed by atoms with E-state index in [0.29, 0.717) is 6.42 Å². The summed E-state index contributed by atoms with van der Waals surface area (Å²) in [7, 11) is 0. The fraction of sp³-hybridized carbons (Fsp3) is 0.571. The van der Waals surface area contributed by atoms with Crippen LogP contribution in [0.5, 0.6) is 0 Å². The first-order valence-electron chi connectivity index (χ1n) is 3.03. The molecule has 0 aliphatic rings. The van der Waals surface area contributed by atoms with Gasteiger partial charge in [0.25, 0.3) is 0 Å². The average Bonchev–Trinajstić information content (AvgIpc) is 1.88. The normalized spacial score (nSPS) is 8.80. The molecule has 0 unspecified atom stereocenters. The highest BCUT2D eigenvalue weighted by molar-refractivity contribution is 5.83. The number of carbonyl (C=O) groups excluding carboxylic acids is 1. The Bertz CT molecular complexity index is 161. The number of ketones is 1. The van der Waals surface area contributed by atoms with Crippen molar-refractivity contribution in [3.05, 3.63) is 0 Å². The summed E-state index contributed by atoms with van der Waals surface area (Å²) in [5, 5.41) is 16.5. The molecule has 0 aromatic carbocycles. The molecule has 0 rings (SSSR count). The van der Waals surface area contributed by atoms with Crippen LogP contribution in [0.25, 0.3) is 0 Å². The number of rotatable bonds is 2. The highest BCUT2D eigenvalue weighted by Gasteiger charge is 2.07. The van der Waals surface area contributed by atoms with Crippen molar-refractivity contribution in [1.29, 1.82) is 0 Å². The van der Waals surface area contributed by atoms with E-state index in [0.717, 1.165) is 0 Å². The first-order valence-corrected chi connectivity index (χ1v) is 3.03. The van der Waals surface area contributed by atoms with Crippen molar-refractivity contribution in [2.75, 3.05) is 0 Å². The lowest BCUT2D eigenvalue weighted by Crippen LogP contribution is -2.17. The Balaban J connectivity index is 3.59. The van der Waals surface area contributed by atoms with Crippen LogP contribution < -0.4 is 0 Å². The zero-order valence-corrected chi connectivity index (χ0v) is 5.79. The van der Waals surface area contributed by atoms with Gasteiger partial charge in [0, 0.05) is 6.42 Å². The van der Waals surface area contributed by atoms with Gasteiger partial charge in [0.15, 0.2) is 5.78 Å². The summed E-state index contributed by atoms with van der Waals surface area (Å²) >= 11 is 0. The van der Waals surface area contributed by atoms with Gasteiger partial charge in [-0.25, -0.2) is 0 Å². The molecule has 0 aliphatic carbocycles. The molecular weight excluding hydrogens is 132 g/mol. The largest absolute Gasteiger partial charge is 0.362 e. The first-order chi connectivity index (χ1) is 4.68. The Hall–Kier alpha value is -0.850. The Morgan fingerprint density at radius 2 is 2.10 bits per heavy atom. The van der Waals surface area contributed by atoms with E-state index in [1.807, 2.05) is 6.92 Å². The topological polar surface area (TPSA) is 57.5 Å². The number of hydrogen-bond acceptors (Lipinski definition) is 3. The highest BCUT2D eigenvalue weighted by atomic mass is 16.5. The van der Waals surface area contributed by atoms with E-state index in [2.05, 4.69) is 11.8 Å². The van der Waals surface area contributed by atoms with Crippen LogP contribution in [0.3, 0.4) is 0 Å². The van der Waals surface area contributed by atoms with Crippen molar-refractivity contribution in [3.8, 4) is 11.8 Å². The fourth-order valence-corrected chi connectivity index (χ4v) is 0.366. The Morgan fingerprint density at radius 3 is 2.50 bits per heavy atom.